The Balaban J connectivity index is 2.22. The number of aliphatic hydroxyl groups excluding tert-OH is 1. The summed E-state index contributed by atoms with van der Waals surface area (Å²) in [6.45, 7) is 9.42. The van der Waals surface area contributed by atoms with Gasteiger partial charge in [-0.05, 0) is 40.7 Å². The van der Waals surface area contributed by atoms with E-state index in [1.165, 1.54) is 0 Å². The third kappa shape index (κ3) is 6.36. The van der Waals surface area contributed by atoms with Crippen LogP contribution in [0.1, 0.15) is 33.6 Å². The van der Waals surface area contributed by atoms with Crippen molar-refractivity contribution < 1.29 is 9.84 Å². The van der Waals surface area contributed by atoms with E-state index in [1.807, 2.05) is 0 Å². The molecule has 1 rings (SSSR count). The molecule has 1 atom stereocenters. The Morgan fingerprint density at radius 3 is 2.47 bits per heavy atom. The highest BCUT2D eigenvalue weighted by Crippen LogP contribution is 2.12. The highest BCUT2D eigenvalue weighted by atomic mass is 16.5. The molecule has 0 aromatic heterocycles. The van der Waals surface area contributed by atoms with Crippen LogP contribution in [0.4, 0.5) is 0 Å². The molecule has 1 heterocycles. The Labute approximate surface area is 105 Å². The van der Waals surface area contributed by atoms with Crippen molar-refractivity contribution >= 4 is 0 Å². The van der Waals surface area contributed by atoms with Gasteiger partial charge in [-0.3, -0.25) is 0 Å². The van der Waals surface area contributed by atoms with E-state index in [0.717, 1.165) is 32.6 Å². The van der Waals surface area contributed by atoms with Gasteiger partial charge in [-0.15, -0.1) is 0 Å². The van der Waals surface area contributed by atoms with Crippen molar-refractivity contribution in [2.75, 3.05) is 33.4 Å². The fourth-order valence-corrected chi connectivity index (χ4v) is 2.10. The van der Waals surface area contributed by atoms with Gasteiger partial charge in [0.1, 0.15) is 0 Å². The van der Waals surface area contributed by atoms with Crippen LogP contribution in [0.25, 0.3) is 0 Å². The molecule has 0 aromatic rings. The molecule has 17 heavy (non-hydrogen) atoms. The minimum Gasteiger partial charge on any atom is -0.390 e. The maximum atomic E-state index is 9.98. The van der Waals surface area contributed by atoms with E-state index < -0.39 is 0 Å². The van der Waals surface area contributed by atoms with Gasteiger partial charge in [0.15, 0.2) is 0 Å². The van der Waals surface area contributed by atoms with Gasteiger partial charge in [0.2, 0.25) is 0 Å². The summed E-state index contributed by atoms with van der Waals surface area (Å²) >= 11 is 0. The van der Waals surface area contributed by atoms with Crippen molar-refractivity contribution in [3.8, 4) is 0 Å². The molecular formula is C13H28N2O2. The lowest BCUT2D eigenvalue weighted by molar-refractivity contribution is 0.0248. The molecule has 1 unspecified atom stereocenters. The second kappa shape index (κ2) is 6.69. The number of hydrogen-bond donors (Lipinski definition) is 2. The Bertz CT molecular complexity index is 210. The first-order chi connectivity index (χ1) is 7.88. The number of nitrogens with zero attached hydrogens (tertiary/aromatic N) is 1. The Kier molecular flexibility index (Phi) is 5.86. The van der Waals surface area contributed by atoms with Crippen LogP contribution < -0.4 is 5.32 Å². The first kappa shape index (κ1) is 14.9. The standard InChI is InChI=1S/C13H28N2O2/c1-13(2,3)14-9-12(16)10-15(4)11-5-7-17-8-6-11/h11-12,14,16H,5-10H2,1-4H3. The van der Waals surface area contributed by atoms with E-state index in [9.17, 15) is 5.11 Å². The smallest absolute Gasteiger partial charge is 0.0791 e. The number of hydrogen-bond acceptors (Lipinski definition) is 4. The van der Waals surface area contributed by atoms with Gasteiger partial charge in [-0.25, -0.2) is 0 Å². The highest BCUT2D eigenvalue weighted by Gasteiger charge is 2.21. The normalized spacial score (nSPS) is 20.8. The molecule has 0 bridgehead atoms. The zero-order valence-corrected chi connectivity index (χ0v) is 11.7. The number of aliphatic hydroxyl groups is 1. The summed E-state index contributed by atoms with van der Waals surface area (Å²) in [4.78, 5) is 2.26. The van der Waals surface area contributed by atoms with Gasteiger partial charge in [0, 0.05) is 37.9 Å². The summed E-state index contributed by atoms with van der Waals surface area (Å²) in [5, 5.41) is 13.3. The topological polar surface area (TPSA) is 44.7 Å². The highest BCUT2D eigenvalue weighted by molar-refractivity contribution is 4.77. The zero-order valence-electron chi connectivity index (χ0n) is 11.7. The molecule has 0 spiro atoms. The maximum Gasteiger partial charge on any atom is 0.0791 e. The van der Waals surface area contributed by atoms with Crippen LogP contribution >= 0.6 is 0 Å². The van der Waals surface area contributed by atoms with E-state index in [1.54, 1.807) is 0 Å². The maximum absolute atomic E-state index is 9.98. The van der Waals surface area contributed by atoms with Gasteiger partial charge in [-0.1, -0.05) is 0 Å². The predicted molar refractivity (Wildman–Crippen MR) is 70.2 cm³/mol. The van der Waals surface area contributed by atoms with E-state index in [2.05, 4.69) is 38.0 Å². The second-order valence-corrected chi connectivity index (χ2v) is 6.07. The molecule has 4 heteroatoms. The Morgan fingerprint density at radius 1 is 1.35 bits per heavy atom. The van der Waals surface area contributed by atoms with E-state index >= 15 is 0 Å². The minimum absolute atomic E-state index is 0.0677. The zero-order chi connectivity index (χ0) is 12.9. The number of nitrogens with one attached hydrogen (secondary N) is 1. The Morgan fingerprint density at radius 2 is 1.94 bits per heavy atom. The van der Waals surface area contributed by atoms with Gasteiger partial charge in [0.25, 0.3) is 0 Å². The molecular weight excluding hydrogens is 216 g/mol. The van der Waals surface area contributed by atoms with Gasteiger partial charge >= 0.3 is 0 Å². The summed E-state index contributed by atoms with van der Waals surface area (Å²) < 4.78 is 5.35. The molecule has 0 aromatic carbocycles. The van der Waals surface area contributed by atoms with Crippen LogP contribution in [0.15, 0.2) is 0 Å². The summed E-state index contributed by atoms with van der Waals surface area (Å²) in [7, 11) is 2.09. The molecule has 1 saturated heterocycles. The number of rotatable bonds is 5. The fraction of sp³-hybridized carbons (Fsp3) is 1.00. The van der Waals surface area contributed by atoms with E-state index in [0.29, 0.717) is 12.6 Å². The van der Waals surface area contributed by atoms with E-state index in [-0.39, 0.29) is 11.6 Å². The minimum atomic E-state index is -0.304. The monoisotopic (exact) mass is 244 g/mol. The van der Waals surface area contributed by atoms with E-state index in [4.69, 9.17) is 4.74 Å². The van der Waals surface area contributed by atoms with Gasteiger partial charge in [-0.2, -0.15) is 0 Å². The van der Waals surface area contributed by atoms with Crippen molar-refractivity contribution in [2.45, 2.75) is 51.3 Å². The first-order valence-corrected chi connectivity index (χ1v) is 6.59. The average molecular weight is 244 g/mol. The largest absolute Gasteiger partial charge is 0.390 e. The number of ether oxygens (including phenoxy) is 1. The number of likely N-dealkylation sites (N-methyl/N-ethyl adjacent to an activating group) is 1. The molecule has 0 aliphatic carbocycles. The van der Waals surface area contributed by atoms with Crippen LogP contribution in [0.5, 0.6) is 0 Å². The molecule has 1 fully saturated rings. The summed E-state index contributed by atoms with van der Waals surface area (Å²) in [5.74, 6) is 0. The van der Waals surface area contributed by atoms with Crippen molar-refractivity contribution in [1.82, 2.24) is 10.2 Å². The summed E-state index contributed by atoms with van der Waals surface area (Å²) in [5.41, 5.74) is 0.0677. The van der Waals surface area contributed by atoms with Crippen LogP contribution in [-0.4, -0.2) is 61.0 Å². The predicted octanol–water partition coefficient (Wildman–Crippen LogP) is 0.846. The number of β-amino-alcohol motifs (C(OH)–C–C–N with tert-alkyl or cyclic N) is 1. The SMILES string of the molecule is CN(CC(O)CNC(C)(C)C)C1CCOCC1. The lowest BCUT2D eigenvalue weighted by Gasteiger charge is -2.33. The summed E-state index contributed by atoms with van der Waals surface area (Å²) in [6.07, 6.45) is 1.85. The van der Waals surface area contributed by atoms with Crippen molar-refractivity contribution in [2.24, 2.45) is 0 Å². The van der Waals surface area contributed by atoms with Crippen molar-refractivity contribution in [3.63, 3.8) is 0 Å². The van der Waals surface area contributed by atoms with Crippen molar-refractivity contribution in [1.29, 1.82) is 0 Å². The second-order valence-electron chi connectivity index (χ2n) is 6.07. The molecule has 2 N–H and O–H groups in total. The van der Waals surface area contributed by atoms with Crippen LogP contribution in [0.2, 0.25) is 0 Å². The lowest BCUT2D eigenvalue weighted by atomic mass is 10.1. The fourth-order valence-electron chi connectivity index (χ4n) is 2.10. The quantitative estimate of drug-likeness (QED) is 0.752. The van der Waals surface area contributed by atoms with Crippen molar-refractivity contribution in [3.05, 3.63) is 0 Å². The van der Waals surface area contributed by atoms with Crippen LogP contribution in [0, 0.1) is 0 Å². The summed E-state index contributed by atoms with van der Waals surface area (Å²) in [6, 6.07) is 0.563. The first-order valence-electron chi connectivity index (χ1n) is 6.59. The van der Waals surface area contributed by atoms with Crippen LogP contribution in [0.3, 0.4) is 0 Å². The molecule has 1 aliphatic heterocycles. The van der Waals surface area contributed by atoms with Crippen LogP contribution in [-0.2, 0) is 4.74 Å². The molecule has 102 valence electrons. The molecule has 4 nitrogen and oxygen atoms in total. The lowest BCUT2D eigenvalue weighted by Crippen LogP contribution is -2.46. The van der Waals surface area contributed by atoms with Gasteiger partial charge in [0.05, 0.1) is 6.10 Å². The Hall–Kier alpha value is -0.160. The molecule has 0 radical (unpaired) electrons. The molecule has 0 saturated carbocycles. The molecule has 1 aliphatic rings. The third-order valence-corrected chi connectivity index (χ3v) is 3.18. The average Bonchev–Trinajstić information content (AvgIpc) is 2.27. The van der Waals surface area contributed by atoms with Gasteiger partial charge < -0.3 is 20.1 Å². The molecule has 0 amide bonds. The third-order valence-electron chi connectivity index (χ3n) is 3.18.